The van der Waals surface area contributed by atoms with E-state index < -0.39 is 5.25 Å². The van der Waals surface area contributed by atoms with Gasteiger partial charge >= 0.3 is 0 Å². The molecular weight excluding hydrogens is 386 g/mol. The highest BCUT2D eigenvalue weighted by Crippen LogP contribution is 2.29. The number of methoxy groups -OCH3 is 1. The molecule has 0 saturated heterocycles. The number of amides is 1. The normalized spacial score (nSPS) is 12.2. The molecule has 2 heterocycles. The minimum absolute atomic E-state index is 0.153. The number of anilines is 1. The number of rotatable bonds is 6. The Morgan fingerprint density at radius 3 is 2.72 bits per heavy atom. The third kappa shape index (κ3) is 3.63. The number of hydrogen-bond donors (Lipinski definition) is 1. The average Bonchev–Trinajstić information content (AvgIpc) is 3.07. The number of para-hydroxylation sites is 3. The first-order valence-corrected chi connectivity index (χ1v) is 10.2. The summed E-state index contributed by atoms with van der Waals surface area (Å²) in [4.78, 5) is 17.3. The minimum atomic E-state index is -0.404. The quantitative estimate of drug-likeness (QED) is 0.484. The summed E-state index contributed by atoms with van der Waals surface area (Å²) in [5.74, 6) is 0.462. The Morgan fingerprint density at radius 2 is 1.93 bits per heavy atom. The van der Waals surface area contributed by atoms with Gasteiger partial charge in [0.2, 0.25) is 11.1 Å². The number of thioether (sulfide) groups is 1. The summed E-state index contributed by atoms with van der Waals surface area (Å²) in [6.07, 6.45) is 0. The summed E-state index contributed by atoms with van der Waals surface area (Å²) in [5.41, 5.74) is 3.27. The molecule has 0 aliphatic carbocycles. The van der Waals surface area contributed by atoms with Crippen LogP contribution in [0.5, 0.6) is 5.75 Å². The number of hydrogen-bond acceptors (Lipinski definition) is 6. The zero-order valence-electron chi connectivity index (χ0n) is 16.4. The van der Waals surface area contributed by atoms with Crippen LogP contribution in [0.25, 0.3) is 22.1 Å². The number of carbonyl (C=O) groups is 1. The fourth-order valence-corrected chi connectivity index (χ4v) is 3.96. The van der Waals surface area contributed by atoms with Gasteiger partial charge in [0.15, 0.2) is 5.65 Å². The van der Waals surface area contributed by atoms with Crippen molar-refractivity contribution in [3.8, 4) is 5.75 Å². The van der Waals surface area contributed by atoms with Crippen LogP contribution in [0.4, 0.5) is 5.69 Å². The van der Waals surface area contributed by atoms with Crippen molar-refractivity contribution in [2.24, 2.45) is 0 Å². The standard InChI is InChI=1S/C21H21N5O2S/c1-4-26-16-11-7-5-9-14(16)18-19(26)23-21(25-24-18)29-13(2)20(27)22-15-10-6-8-12-17(15)28-3/h5-13H,4H2,1-3H3,(H,22,27)/t13-/m1/s1. The zero-order chi connectivity index (χ0) is 20.4. The van der Waals surface area contributed by atoms with E-state index in [0.29, 0.717) is 16.6 Å². The third-order valence-electron chi connectivity index (χ3n) is 4.69. The maximum atomic E-state index is 12.6. The van der Waals surface area contributed by atoms with E-state index in [4.69, 9.17) is 9.72 Å². The molecular formula is C21H21N5O2S. The molecule has 7 nitrogen and oxygen atoms in total. The topological polar surface area (TPSA) is 81.9 Å². The highest BCUT2D eigenvalue weighted by molar-refractivity contribution is 8.00. The molecule has 2 aromatic carbocycles. The highest BCUT2D eigenvalue weighted by atomic mass is 32.2. The van der Waals surface area contributed by atoms with Crippen molar-refractivity contribution in [3.63, 3.8) is 0 Å². The number of aromatic nitrogens is 4. The van der Waals surface area contributed by atoms with Gasteiger partial charge in [-0.05, 0) is 32.0 Å². The fourth-order valence-electron chi connectivity index (χ4n) is 3.25. The lowest BCUT2D eigenvalue weighted by molar-refractivity contribution is -0.115. The van der Waals surface area contributed by atoms with Crippen LogP contribution >= 0.6 is 11.8 Å². The van der Waals surface area contributed by atoms with Crippen LogP contribution in [0.1, 0.15) is 13.8 Å². The van der Waals surface area contributed by atoms with Gasteiger partial charge in [0, 0.05) is 11.9 Å². The summed E-state index contributed by atoms with van der Waals surface area (Å²) >= 11 is 1.28. The van der Waals surface area contributed by atoms with E-state index in [1.807, 2.05) is 37.3 Å². The molecule has 1 N–H and O–H groups in total. The SMILES string of the molecule is CCn1c2ccccc2c2nnc(S[C@H](C)C(=O)Nc3ccccc3OC)nc21. The van der Waals surface area contributed by atoms with Gasteiger partial charge in [0.1, 0.15) is 11.3 Å². The van der Waals surface area contributed by atoms with Crippen molar-refractivity contribution in [1.82, 2.24) is 19.7 Å². The van der Waals surface area contributed by atoms with Gasteiger partial charge in [-0.25, -0.2) is 4.98 Å². The molecule has 148 valence electrons. The Kier molecular flexibility index (Phi) is 5.35. The Labute approximate surface area is 172 Å². The smallest absolute Gasteiger partial charge is 0.237 e. The number of fused-ring (bicyclic) bond motifs is 3. The van der Waals surface area contributed by atoms with E-state index in [0.717, 1.165) is 28.6 Å². The fraction of sp³-hybridized carbons (Fsp3) is 0.238. The molecule has 2 aromatic heterocycles. The second-order valence-electron chi connectivity index (χ2n) is 6.48. The van der Waals surface area contributed by atoms with Crippen molar-refractivity contribution in [3.05, 3.63) is 48.5 Å². The number of nitrogens with zero attached hydrogens (tertiary/aromatic N) is 4. The molecule has 4 rings (SSSR count). The summed E-state index contributed by atoms with van der Waals surface area (Å²) in [6, 6.07) is 15.4. The number of ether oxygens (including phenoxy) is 1. The van der Waals surface area contributed by atoms with Crippen LogP contribution in [0, 0.1) is 0 Å². The monoisotopic (exact) mass is 407 g/mol. The van der Waals surface area contributed by atoms with E-state index in [1.165, 1.54) is 11.8 Å². The highest BCUT2D eigenvalue weighted by Gasteiger charge is 2.20. The van der Waals surface area contributed by atoms with Gasteiger partial charge in [-0.1, -0.05) is 42.1 Å². The first-order valence-electron chi connectivity index (χ1n) is 9.34. The molecule has 0 radical (unpaired) electrons. The largest absolute Gasteiger partial charge is 0.495 e. The molecule has 29 heavy (non-hydrogen) atoms. The van der Waals surface area contributed by atoms with Gasteiger partial charge in [-0.2, -0.15) is 0 Å². The summed E-state index contributed by atoms with van der Waals surface area (Å²) < 4.78 is 7.40. The zero-order valence-corrected chi connectivity index (χ0v) is 17.2. The van der Waals surface area contributed by atoms with Crippen LogP contribution in [0.3, 0.4) is 0 Å². The molecule has 0 aliphatic rings. The van der Waals surface area contributed by atoms with Crippen LogP contribution < -0.4 is 10.1 Å². The summed E-state index contributed by atoms with van der Waals surface area (Å²) in [7, 11) is 1.57. The number of benzene rings is 2. The Hall–Kier alpha value is -3.13. The molecule has 0 spiro atoms. The molecule has 0 fully saturated rings. The van der Waals surface area contributed by atoms with Crippen LogP contribution in [-0.2, 0) is 11.3 Å². The number of aryl methyl sites for hydroxylation is 1. The molecule has 0 unspecified atom stereocenters. The lowest BCUT2D eigenvalue weighted by Gasteiger charge is -2.13. The molecule has 0 aliphatic heterocycles. The molecule has 1 amide bonds. The van der Waals surface area contributed by atoms with Crippen LogP contribution in [-0.4, -0.2) is 38.0 Å². The molecule has 0 bridgehead atoms. The van der Waals surface area contributed by atoms with Gasteiger partial charge in [-0.15, -0.1) is 10.2 Å². The molecule has 8 heteroatoms. The van der Waals surface area contributed by atoms with Crippen molar-refractivity contribution in [2.75, 3.05) is 12.4 Å². The number of nitrogens with one attached hydrogen (secondary N) is 1. The Bertz CT molecular complexity index is 1190. The van der Waals surface area contributed by atoms with E-state index in [9.17, 15) is 4.79 Å². The molecule has 4 aromatic rings. The predicted molar refractivity (Wildman–Crippen MR) is 115 cm³/mol. The van der Waals surface area contributed by atoms with Gasteiger partial charge in [0.05, 0.1) is 23.6 Å². The summed E-state index contributed by atoms with van der Waals surface area (Å²) in [5, 5.41) is 12.6. The van der Waals surface area contributed by atoms with Crippen molar-refractivity contribution >= 4 is 45.4 Å². The second kappa shape index (κ2) is 8.08. The first-order chi connectivity index (χ1) is 14.1. The number of carbonyl (C=O) groups excluding carboxylic acids is 1. The minimum Gasteiger partial charge on any atom is -0.495 e. The first kappa shape index (κ1) is 19.2. The Balaban J connectivity index is 1.58. The molecule has 1 atom stereocenters. The average molecular weight is 407 g/mol. The lowest BCUT2D eigenvalue weighted by Crippen LogP contribution is -2.23. The Morgan fingerprint density at radius 1 is 1.17 bits per heavy atom. The second-order valence-corrected chi connectivity index (χ2v) is 7.79. The van der Waals surface area contributed by atoms with E-state index in [-0.39, 0.29) is 5.91 Å². The van der Waals surface area contributed by atoms with E-state index in [2.05, 4.69) is 33.1 Å². The molecule has 0 saturated carbocycles. The van der Waals surface area contributed by atoms with Crippen molar-refractivity contribution in [1.29, 1.82) is 0 Å². The third-order valence-corrected chi connectivity index (χ3v) is 5.64. The van der Waals surface area contributed by atoms with E-state index in [1.54, 1.807) is 19.2 Å². The van der Waals surface area contributed by atoms with Gasteiger partial charge in [-0.3, -0.25) is 4.79 Å². The maximum Gasteiger partial charge on any atom is 0.237 e. The van der Waals surface area contributed by atoms with Crippen molar-refractivity contribution < 1.29 is 9.53 Å². The lowest BCUT2D eigenvalue weighted by atomic mass is 10.2. The maximum absolute atomic E-state index is 12.6. The van der Waals surface area contributed by atoms with Gasteiger partial charge in [0.25, 0.3) is 0 Å². The van der Waals surface area contributed by atoms with E-state index >= 15 is 0 Å². The predicted octanol–water partition coefficient (Wildman–Crippen LogP) is 4.13. The van der Waals surface area contributed by atoms with Gasteiger partial charge < -0.3 is 14.6 Å². The van der Waals surface area contributed by atoms with Crippen LogP contribution in [0.2, 0.25) is 0 Å². The van der Waals surface area contributed by atoms with Crippen LogP contribution in [0.15, 0.2) is 53.7 Å². The van der Waals surface area contributed by atoms with Crippen molar-refractivity contribution in [2.45, 2.75) is 30.8 Å². The summed E-state index contributed by atoms with van der Waals surface area (Å²) in [6.45, 7) is 4.67.